The van der Waals surface area contributed by atoms with Gasteiger partial charge in [0, 0.05) is 32.8 Å². The van der Waals surface area contributed by atoms with E-state index >= 15 is 0 Å². The molecule has 3 aromatic rings. The van der Waals surface area contributed by atoms with Gasteiger partial charge < -0.3 is 28.8 Å². The van der Waals surface area contributed by atoms with E-state index in [0.29, 0.717) is 50.9 Å². The Bertz CT molecular complexity index is 1040. The van der Waals surface area contributed by atoms with Gasteiger partial charge in [-0.15, -0.1) is 0 Å². The molecule has 0 aliphatic carbocycles. The summed E-state index contributed by atoms with van der Waals surface area (Å²) in [5, 5.41) is 24.1. The van der Waals surface area contributed by atoms with Gasteiger partial charge in [0.15, 0.2) is 5.69 Å². The fourth-order valence-electron chi connectivity index (χ4n) is 2.34. The predicted octanol–water partition coefficient (Wildman–Crippen LogP) is -2.81. The van der Waals surface area contributed by atoms with Crippen LogP contribution in [0.1, 0.15) is 45.3 Å². The first-order valence-corrected chi connectivity index (χ1v) is 11.0. The second kappa shape index (κ2) is 20.1. The van der Waals surface area contributed by atoms with E-state index in [1.807, 2.05) is 0 Å². The fraction of sp³-hybridized carbons (Fsp3) is 0.455. The molecule has 0 saturated heterocycles. The molecule has 37 heavy (non-hydrogen) atoms. The number of nitrogens with one attached hydrogen (secondary N) is 1. The van der Waals surface area contributed by atoms with Crippen molar-refractivity contribution in [2.75, 3.05) is 40.6 Å². The smallest absolute Gasteiger partial charge is 0.543 e. The van der Waals surface area contributed by atoms with E-state index in [0.717, 1.165) is 0 Å². The maximum atomic E-state index is 11.2. The van der Waals surface area contributed by atoms with Gasteiger partial charge in [0.25, 0.3) is 0 Å². The number of hydrogen-bond acceptors (Lipinski definition) is 11. The van der Waals surface area contributed by atoms with Crippen LogP contribution < -0.4 is 34.7 Å². The molecule has 0 bridgehead atoms. The number of aromatic nitrogens is 6. The van der Waals surface area contributed by atoms with Crippen molar-refractivity contribution in [3.63, 3.8) is 0 Å². The monoisotopic (exact) mass is 530 g/mol. The van der Waals surface area contributed by atoms with Gasteiger partial charge in [-0.3, -0.25) is 14.5 Å². The molecule has 0 spiro atoms. The molecular formula is C22H31N6NaO8. The number of methoxy groups -OCH3 is 2. The topological polar surface area (TPSA) is 176 Å². The SMILES string of the molecule is CCOC(=O)c1ccn(CCOC)n1.CCOC(=O)c1ccn[nH]1.COCCn1ccc(C(=O)[O-])n1.[Na+]. The number of carboxylic acid groups (broad SMARTS) is 1. The third-order valence-corrected chi connectivity index (χ3v) is 4.02. The number of aromatic amines is 1. The summed E-state index contributed by atoms with van der Waals surface area (Å²) in [5.74, 6) is -2.00. The van der Waals surface area contributed by atoms with E-state index < -0.39 is 5.97 Å². The molecule has 1 N–H and O–H groups in total. The number of aromatic carboxylic acids is 1. The minimum Gasteiger partial charge on any atom is -0.543 e. The molecular weight excluding hydrogens is 499 g/mol. The van der Waals surface area contributed by atoms with Gasteiger partial charge in [-0.25, -0.2) is 9.59 Å². The normalized spacial score (nSPS) is 9.62. The van der Waals surface area contributed by atoms with Crippen molar-refractivity contribution in [3.8, 4) is 0 Å². The molecule has 14 nitrogen and oxygen atoms in total. The predicted molar refractivity (Wildman–Crippen MR) is 123 cm³/mol. The molecule has 0 unspecified atom stereocenters. The zero-order chi connectivity index (χ0) is 26.8. The van der Waals surface area contributed by atoms with Gasteiger partial charge in [0.05, 0.1) is 45.5 Å². The average molecular weight is 531 g/mol. The van der Waals surface area contributed by atoms with Crippen LogP contribution in [-0.4, -0.2) is 88.3 Å². The summed E-state index contributed by atoms with van der Waals surface area (Å²) in [7, 11) is 3.19. The van der Waals surface area contributed by atoms with Crippen LogP contribution in [0.25, 0.3) is 0 Å². The largest absolute Gasteiger partial charge is 1.00 e. The Balaban J connectivity index is 0.000000525. The molecule has 3 aromatic heterocycles. The molecule has 15 heteroatoms. The Morgan fingerprint density at radius 3 is 1.81 bits per heavy atom. The first-order valence-electron chi connectivity index (χ1n) is 11.0. The first-order chi connectivity index (χ1) is 17.4. The molecule has 3 heterocycles. The Morgan fingerprint density at radius 1 is 0.865 bits per heavy atom. The van der Waals surface area contributed by atoms with E-state index in [-0.39, 0.29) is 47.2 Å². The van der Waals surface area contributed by atoms with Crippen molar-refractivity contribution in [2.45, 2.75) is 26.9 Å². The zero-order valence-corrected chi connectivity index (χ0v) is 23.7. The quantitative estimate of drug-likeness (QED) is 0.200. The molecule has 0 aliphatic rings. The summed E-state index contributed by atoms with van der Waals surface area (Å²) in [4.78, 5) is 32.3. The summed E-state index contributed by atoms with van der Waals surface area (Å²) < 4.78 is 22.3. The maximum absolute atomic E-state index is 11.2. The standard InChI is InChI=1S/C9H14N2O3.C7H10N2O3.C6H8N2O2.Na/c1-3-14-9(12)8-4-5-11(10-8)6-7-13-2;1-12-5-4-9-3-2-6(8-9)7(10)11;1-2-10-6(9)5-3-4-7-8-5;/h4-5H,3,6-7H2,1-2H3;2-3H,4-5H2,1H3,(H,10,11);3-4H,2H2,1H3,(H,7,8);/q;;;+1/p-1. The minimum absolute atomic E-state index is 0. The van der Waals surface area contributed by atoms with Crippen molar-refractivity contribution in [2.24, 2.45) is 0 Å². The Labute approximate surface area is 236 Å². The average Bonchev–Trinajstić information content (AvgIpc) is 3.64. The molecule has 0 aromatic carbocycles. The number of carbonyl (C=O) groups excluding carboxylic acids is 3. The number of carbonyl (C=O) groups is 3. The molecule has 0 fully saturated rings. The second-order valence-corrected chi connectivity index (χ2v) is 6.61. The van der Waals surface area contributed by atoms with Crippen molar-refractivity contribution in [3.05, 3.63) is 53.9 Å². The van der Waals surface area contributed by atoms with E-state index in [2.05, 4.69) is 25.1 Å². The number of rotatable bonds is 11. The van der Waals surface area contributed by atoms with Crippen LogP contribution in [0.2, 0.25) is 0 Å². The molecule has 3 rings (SSSR count). The maximum Gasteiger partial charge on any atom is 1.00 e. The van der Waals surface area contributed by atoms with E-state index in [4.69, 9.17) is 14.2 Å². The van der Waals surface area contributed by atoms with E-state index in [9.17, 15) is 19.5 Å². The fourth-order valence-corrected chi connectivity index (χ4v) is 2.34. The number of H-pyrrole nitrogens is 1. The van der Waals surface area contributed by atoms with E-state index in [1.54, 1.807) is 57.3 Å². The van der Waals surface area contributed by atoms with E-state index in [1.165, 1.54) is 16.9 Å². The van der Waals surface area contributed by atoms with Crippen molar-refractivity contribution in [1.82, 2.24) is 29.8 Å². The van der Waals surface area contributed by atoms with Gasteiger partial charge in [0.1, 0.15) is 11.4 Å². The van der Waals surface area contributed by atoms with Crippen LogP contribution in [0, 0.1) is 0 Å². The van der Waals surface area contributed by atoms with Gasteiger partial charge in [-0.05, 0) is 32.0 Å². The molecule has 0 radical (unpaired) electrons. The van der Waals surface area contributed by atoms with Crippen molar-refractivity contribution >= 4 is 17.9 Å². The van der Waals surface area contributed by atoms with Crippen LogP contribution in [0.15, 0.2) is 36.8 Å². The zero-order valence-electron chi connectivity index (χ0n) is 21.7. The summed E-state index contributed by atoms with van der Waals surface area (Å²) in [6.45, 7) is 6.54. The second-order valence-electron chi connectivity index (χ2n) is 6.61. The van der Waals surface area contributed by atoms with Gasteiger partial charge in [-0.1, -0.05) is 0 Å². The number of nitrogens with zero attached hydrogens (tertiary/aromatic N) is 5. The van der Waals surface area contributed by atoms with Crippen molar-refractivity contribution in [1.29, 1.82) is 0 Å². The molecule has 0 amide bonds. The van der Waals surface area contributed by atoms with Crippen LogP contribution >= 0.6 is 0 Å². The summed E-state index contributed by atoms with van der Waals surface area (Å²) in [6.07, 6.45) is 4.81. The van der Waals surface area contributed by atoms with Gasteiger partial charge >= 0.3 is 41.5 Å². The third-order valence-electron chi connectivity index (χ3n) is 4.02. The molecule has 0 saturated carbocycles. The van der Waals surface area contributed by atoms with Crippen molar-refractivity contribution < 1.29 is 68.0 Å². The van der Waals surface area contributed by atoms with Crippen LogP contribution in [0.3, 0.4) is 0 Å². The Morgan fingerprint density at radius 2 is 1.38 bits per heavy atom. The van der Waals surface area contributed by atoms with Gasteiger partial charge in [0.2, 0.25) is 0 Å². The number of esters is 2. The molecule has 0 aliphatic heterocycles. The van der Waals surface area contributed by atoms with Crippen LogP contribution in [-0.2, 0) is 32.0 Å². The molecule has 0 atom stereocenters. The Hall–Kier alpha value is -3.04. The third kappa shape index (κ3) is 13.7. The Kier molecular flexibility index (Phi) is 18.4. The van der Waals surface area contributed by atoms with Crippen LogP contribution in [0.4, 0.5) is 0 Å². The minimum atomic E-state index is -1.26. The molecule has 198 valence electrons. The number of ether oxygens (including phenoxy) is 4. The number of carboxylic acids is 1. The first kappa shape index (κ1) is 34.0. The van der Waals surface area contributed by atoms with Crippen LogP contribution in [0.5, 0.6) is 0 Å². The summed E-state index contributed by atoms with van der Waals surface area (Å²) >= 11 is 0. The van der Waals surface area contributed by atoms with Gasteiger partial charge in [-0.2, -0.15) is 15.3 Å². The summed E-state index contributed by atoms with van der Waals surface area (Å²) in [6, 6.07) is 4.59. The number of hydrogen-bond donors (Lipinski definition) is 1. The summed E-state index contributed by atoms with van der Waals surface area (Å²) in [5.41, 5.74) is 0.677.